The highest BCUT2D eigenvalue weighted by atomic mass is 79.9. The van der Waals surface area contributed by atoms with Crippen LogP contribution in [0.25, 0.3) is 0 Å². The van der Waals surface area contributed by atoms with Gasteiger partial charge < -0.3 is 0 Å². The molecule has 3 nitrogen and oxygen atoms in total. The maximum atomic E-state index is 13.7. The van der Waals surface area contributed by atoms with Gasteiger partial charge in [0, 0.05) is 10.4 Å². The number of halogens is 2. The van der Waals surface area contributed by atoms with Gasteiger partial charge in [0.1, 0.15) is 4.87 Å². The maximum absolute atomic E-state index is 13.7. The summed E-state index contributed by atoms with van der Waals surface area (Å²) in [5.74, 6) is -1.65. The van der Waals surface area contributed by atoms with Crippen LogP contribution in [-0.2, 0) is 14.5 Å². The highest BCUT2D eigenvalue weighted by molar-refractivity contribution is 9.10. The van der Waals surface area contributed by atoms with Crippen molar-refractivity contribution < 1.29 is 9.59 Å². The Kier molecular flexibility index (Phi) is 3.49. The van der Waals surface area contributed by atoms with Gasteiger partial charge in [0.15, 0.2) is 0 Å². The average molecular weight is 465 g/mol. The summed E-state index contributed by atoms with van der Waals surface area (Å²) in [6, 6.07) is 23.2. The first-order chi connectivity index (χ1) is 14.0. The van der Waals surface area contributed by atoms with Crippen LogP contribution >= 0.6 is 27.5 Å². The predicted molar refractivity (Wildman–Crippen MR) is 115 cm³/mol. The average Bonchev–Trinajstić information content (AvgIpc) is 3.01. The molecule has 1 aliphatic heterocycles. The van der Waals surface area contributed by atoms with E-state index in [2.05, 4.69) is 15.9 Å². The van der Waals surface area contributed by atoms with Crippen LogP contribution in [0.1, 0.15) is 28.2 Å². The second-order valence-corrected chi connectivity index (χ2v) is 9.37. The van der Waals surface area contributed by atoms with Gasteiger partial charge in [0.25, 0.3) is 0 Å². The van der Waals surface area contributed by atoms with Crippen molar-refractivity contribution in [3.05, 3.63) is 99.5 Å². The van der Waals surface area contributed by atoms with Crippen molar-refractivity contribution in [2.24, 2.45) is 11.8 Å². The highest BCUT2D eigenvalue weighted by Gasteiger charge is 2.67. The molecule has 1 heterocycles. The molecule has 0 radical (unpaired) electrons. The van der Waals surface area contributed by atoms with E-state index in [1.807, 2.05) is 60.7 Å². The number of amides is 2. The third-order valence-corrected chi connectivity index (χ3v) is 7.77. The molecule has 142 valence electrons. The number of carbonyl (C=O) groups excluding carboxylic acids is 2. The smallest absolute Gasteiger partial charge is 0.240 e. The fraction of sp³-hybridized carbons (Fsp3) is 0.167. The number of nitrogens with zero attached hydrogens (tertiary/aromatic N) is 1. The minimum Gasteiger partial charge on any atom is -0.274 e. The lowest BCUT2D eigenvalue weighted by atomic mass is 9.54. The van der Waals surface area contributed by atoms with Crippen molar-refractivity contribution in [3.63, 3.8) is 0 Å². The van der Waals surface area contributed by atoms with E-state index in [9.17, 15) is 9.59 Å². The van der Waals surface area contributed by atoms with Crippen LogP contribution in [0, 0.1) is 11.8 Å². The Morgan fingerprint density at radius 3 is 1.93 bits per heavy atom. The topological polar surface area (TPSA) is 37.4 Å². The molecular formula is C24H15BrClNO2. The van der Waals surface area contributed by atoms with Gasteiger partial charge in [0.2, 0.25) is 11.8 Å². The monoisotopic (exact) mass is 463 g/mol. The van der Waals surface area contributed by atoms with Crippen LogP contribution in [0.4, 0.5) is 5.69 Å². The summed E-state index contributed by atoms with van der Waals surface area (Å²) in [5.41, 5.74) is 4.60. The van der Waals surface area contributed by atoms with Crippen molar-refractivity contribution in [3.8, 4) is 0 Å². The van der Waals surface area contributed by atoms with E-state index in [1.165, 1.54) is 4.90 Å². The van der Waals surface area contributed by atoms with E-state index in [0.29, 0.717) is 5.69 Å². The van der Waals surface area contributed by atoms with Crippen LogP contribution in [0.5, 0.6) is 0 Å². The van der Waals surface area contributed by atoms with E-state index in [-0.39, 0.29) is 17.7 Å². The van der Waals surface area contributed by atoms with E-state index >= 15 is 0 Å². The molecule has 3 aliphatic carbocycles. The molecule has 3 aromatic rings. The normalized spacial score (nSPS) is 28.9. The second kappa shape index (κ2) is 5.80. The Morgan fingerprint density at radius 2 is 1.34 bits per heavy atom. The number of carbonyl (C=O) groups is 2. The molecule has 2 bridgehead atoms. The lowest BCUT2D eigenvalue weighted by Gasteiger charge is -2.50. The van der Waals surface area contributed by atoms with Gasteiger partial charge in [0.05, 0.1) is 17.5 Å². The second-order valence-electron chi connectivity index (χ2n) is 7.86. The van der Waals surface area contributed by atoms with Gasteiger partial charge >= 0.3 is 0 Å². The first-order valence-corrected chi connectivity index (χ1v) is 10.7. The van der Waals surface area contributed by atoms with Gasteiger partial charge in [-0.15, -0.1) is 11.6 Å². The summed E-state index contributed by atoms with van der Waals surface area (Å²) in [6.45, 7) is 0. The summed E-state index contributed by atoms with van der Waals surface area (Å²) in [5, 5.41) is 0. The Hall–Kier alpha value is -2.43. The quantitative estimate of drug-likeness (QED) is 0.367. The van der Waals surface area contributed by atoms with Crippen LogP contribution in [0.15, 0.2) is 77.3 Å². The van der Waals surface area contributed by atoms with E-state index < -0.39 is 16.7 Å². The molecule has 0 N–H and O–H groups in total. The summed E-state index contributed by atoms with van der Waals surface area (Å²) < 4.78 is 0.895. The van der Waals surface area contributed by atoms with Crippen molar-refractivity contribution in [2.45, 2.75) is 10.8 Å². The fourth-order valence-corrected chi connectivity index (χ4v) is 6.36. The first-order valence-electron chi connectivity index (χ1n) is 9.54. The van der Waals surface area contributed by atoms with Gasteiger partial charge in [-0.05, 0) is 46.5 Å². The number of imide groups is 1. The van der Waals surface area contributed by atoms with Crippen molar-refractivity contribution in [2.75, 3.05) is 4.90 Å². The SMILES string of the molecule is O=C1[C@@H]2[C@@H](C(=O)N1c1ccc(Br)cc1)C1c3ccccc3C2(Cl)c2ccccc21. The van der Waals surface area contributed by atoms with Crippen LogP contribution in [0.2, 0.25) is 0 Å². The summed E-state index contributed by atoms with van der Waals surface area (Å²) >= 11 is 10.8. The molecule has 0 unspecified atom stereocenters. The molecule has 1 fully saturated rings. The van der Waals surface area contributed by atoms with Gasteiger partial charge in [-0.25, -0.2) is 4.90 Å². The largest absolute Gasteiger partial charge is 0.274 e. The fourth-order valence-electron chi connectivity index (χ4n) is 5.52. The van der Waals surface area contributed by atoms with Crippen LogP contribution in [-0.4, -0.2) is 11.8 Å². The number of hydrogen-bond acceptors (Lipinski definition) is 2. The predicted octanol–water partition coefficient (Wildman–Crippen LogP) is 5.20. The molecule has 2 atom stereocenters. The molecule has 2 amide bonds. The lowest BCUT2D eigenvalue weighted by molar-refractivity contribution is -0.122. The molecule has 3 aromatic carbocycles. The summed E-state index contributed by atoms with van der Waals surface area (Å²) in [4.78, 5) is 27.6. The van der Waals surface area contributed by atoms with E-state index in [0.717, 1.165) is 26.7 Å². The molecule has 7 rings (SSSR count). The molecule has 0 spiro atoms. The van der Waals surface area contributed by atoms with E-state index in [1.54, 1.807) is 12.1 Å². The van der Waals surface area contributed by atoms with Crippen LogP contribution < -0.4 is 4.90 Å². The Balaban J connectivity index is 1.61. The Labute approximate surface area is 181 Å². The summed E-state index contributed by atoms with van der Waals surface area (Å²) in [7, 11) is 0. The van der Waals surface area contributed by atoms with Gasteiger partial charge in [-0.2, -0.15) is 0 Å². The zero-order chi connectivity index (χ0) is 19.9. The highest BCUT2D eigenvalue weighted by Crippen LogP contribution is 2.65. The molecule has 5 heteroatoms. The summed E-state index contributed by atoms with van der Waals surface area (Å²) in [6.07, 6.45) is 0. The van der Waals surface area contributed by atoms with Crippen molar-refractivity contribution >= 4 is 45.0 Å². The minimum absolute atomic E-state index is 0.162. The zero-order valence-electron chi connectivity index (χ0n) is 15.2. The molecule has 29 heavy (non-hydrogen) atoms. The van der Waals surface area contributed by atoms with E-state index in [4.69, 9.17) is 11.6 Å². The van der Waals surface area contributed by atoms with Crippen LogP contribution in [0.3, 0.4) is 0 Å². The number of benzene rings is 3. The Bertz CT molecular complexity index is 1160. The maximum Gasteiger partial charge on any atom is 0.240 e. The molecular weight excluding hydrogens is 450 g/mol. The van der Waals surface area contributed by atoms with Gasteiger partial charge in [-0.1, -0.05) is 64.5 Å². The minimum atomic E-state index is -1.04. The van der Waals surface area contributed by atoms with Gasteiger partial charge in [-0.3, -0.25) is 9.59 Å². The standard InChI is InChI=1S/C24H15BrClNO2/c25-13-9-11-14(12-10-13)27-22(28)20-19-15-5-1-3-7-17(15)24(26,21(20)23(27)29)18-8-4-2-6-16(18)19/h1-12,19-21H/t19?,20-,21-,24?/m0/s1. The third-order valence-electron chi connectivity index (χ3n) is 6.60. The zero-order valence-corrected chi connectivity index (χ0v) is 17.5. The lowest BCUT2D eigenvalue weighted by Crippen LogP contribution is -2.50. The molecule has 0 aromatic heterocycles. The number of hydrogen-bond donors (Lipinski definition) is 0. The number of anilines is 1. The number of alkyl halides is 1. The molecule has 1 saturated heterocycles. The first kappa shape index (κ1) is 17.4. The molecule has 0 saturated carbocycles. The third kappa shape index (κ3) is 2.03. The van der Waals surface area contributed by atoms with Crippen molar-refractivity contribution in [1.29, 1.82) is 0 Å². The number of rotatable bonds is 1. The molecule has 4 aliphatic rings. The Morgan fingerprint density at radius 1 is 0.793 bits per heavy atom. The van der Waals surface area contributed by atoms with Crippen molar-refractivity contribution in [1.82, 2.24) is 0 Å².